The van der Waals surface area contributed by atoms with Crippen LogP contribution in [0.5, 0.6) is 5.75 Å². The molecule has 1 saturated heterocycles. The number of nitrogens with one attached hydrogen (secondary N) is 1. The Hall–Kier alpha value is -2.93. The van der Waals surface area contributed by atoms with Crippen LogP contribution in [0.2, 0.25) is 0 Å². The Morgan fingerprint density at radius 3 is 2.41 bits per heavy atom. The molecule has 142 valence electrons. The number of aliphatic hydroxyl groups is 1. The van der Waals surface area contributed by atoms with E-state index in [2.05, 4.69) is 5.32 Å². The van der Waals surface area contributed by atoms with Crippen LogP contribution in [0.4, 0.5) is 9.18 Å². The average Bonchev–Trinajstić information content (AvgIpc) is 2.86. The minimum absolute atomic E-state index is 0.0621. The standard InChI is InChI=1S/C20H21FN2O4/c1-13-3-9-17(10-4-13)27-12-16(24)11-23-18(25)20(2,22-19(23)26)14-5-7-15(21)8-6-14/h3-10,16,24H,11-12H2,1-2H3,(H,22,26)/t16-,20-/m0/s1. The van der Waals surface area contributed by atoms with E-state index >= 15 is 0 Å². The van der Waals surface area contributed by atoms with Gasteiger partial charge in [0.05, 0.1) is 6.54 Å². The van der Waals surface area contributed by atoms with Crippen LogP contribution in [0.15, 0.2) is 48.5 Å². The first-order valence-corrected chi connectivity index (χ1v) is 8.57. The van der Waals surface area contributed by atoms with Gasteiger partial charge in [0.15, 0.2) is 0 Å². The summed E-state index contributed by atoms with van der Waals surface area (Å²) in [7, 11) is 0. The van der Waals surface area contributed by atoms with Crippen molar-refractivity contribution in [2.24, 2.45) is 0 Å². The predicted octanol–water partition coefficient (Wildman–Crippen LogP) is 2.34. The molecule has 0 saturated carbocycles. The second-order valence-electron chi connectivity index (χ2n) is 6.76. The van der Waals surface area contributed by atoms with Gasteiger partial charge in [-0.3, -0.25) is 9.69 Å². The van der Waals surface area contributed by atoms with Gasteiger partial charge in [-0.25, -0.2) is 9.18 Å². The number of carbonyl (C=O) groups is 2. The molecule has 0 aliphatic carbocycles. The van der Waals surface area contributed by atoms with Crippen LogP contribution in [0.3, 0.4) is 0 Å². The number of aryl methyl sites for hydroxylation is 1. The zero-order chi connectivity index (χ0) is 19.6. The lowest BCUT2D eigenvalue weighted by Crippen LogP contribution is -2.42. The van der Waals surface area contributed by atoms with E-state index in [1.54, 1.807) is 19.1 Å². The molecule has 7 heteroatoms. The van der Waals surface area contributed by atoms with Crippen molar-refractivity contribution in [1.82, 2.24) is 10.2 Å². The van der Waals surface area contributed by atoms with Crippen molar-refractivity contribution in [1.29, 1.82) is 0 Å². The maximum atomic E-state index is 13.1. The Kier molecular flexibility index (Phi) is 5.14. The molecule has 3 rings (SSSR count). The second-order valence-corrected chi connectivity index (χ2v) is 6.76. The van der Waals surface area contributed by atoms with Crippen molar-refractivity contribution >= 4 is 11.9 Å². The van der Waals surface area contributed by atoms with E-state index < -0.39 is 29.4 Å². The molecule has 0 aromatic heterocycles. The van der Waals surface area contributed by atoms with E-state index in [1.807, 2.05) is 19.1 Å². The SMILES string of the molecule is Cc1ccc(OC[C@@H](O)CN2C(=O)N[C@@](C)(c3ccc(F)cc3)C2=O)cc1. The molecule has 0 spiro atoms. The average molecular weight is 372 g/mol. The third kappa shape index (κ3) is 3.93. The smallest absolute Gasteiger partial charge is 0.325 e. The molecule has 0 radical (unpaired) electrons. The Bertz CT molecular complexity index is 838. The number of imide groups is 1. The van der Waals surface area contributed by atoms with Gasteiger partial charge in [-0.1, -0.05) is 29.8 Å². The number of β-amino-alcohol motifs (C(OH)–C–C–N with tert-alkyl or cyclic N) is 1. The first-order valence-electron chi connectivity index (χ1n) is 8.57. The maximum absolute atomic E-state index is 13.1. The molecular weight excluding hydrogens is 351 g/mol. The van der Waals surface area contributed by atoms with E-state index in [0.29, 0.717) is 11.3 Å². The molecule has 1 aliphatic rings. The topological polar surface area (TPSA) is 78.9 Å². The lowest BCUT2D eigenvalue weighted by Gasteiger charge is -2.23. The van der Waals surface area contributed by atoms with Gasteiger partial charge in [0, 0.05) is 0 Å². The zero-order valence-corrected chi connectivity index (χ0v) is 15.1. The monoisotopic (exact) mass is 372 g/mol. The highest BCUT2D eigenvalue weighted by Crippen LogP contribution is 2.29. The summed E-state index contributed by atoms with van der Waals surface area (Å²) >= 11 is 0. The number of hydrogen-bond acceptors (Lipinski definition) is 4. The first-order chi connectivity index (χ1) is 12.8. The number of aliphatic hydroxyl groups excluding tert-OH is 1. The van der Waals surface area contributed by atoms with Crippen LogP contribution in [-0.4, -0.2) is 41.2 Å². The summed E-state index contributed by atoms with van der Waals surface area (Å²) in [6.45, 7) is 3.24. The molecule has 1 fully saturated rings. The molecule has 27 heavy (non-hydrogen) atoms. The fourth-order valence-corrected chi connectivity index (χ4v) is 2.93. The van der Waals surface area contributed by atoms with Crippen molar-refractivity contribution in [3.05, 3.63) is 65.5 Å². The van der Waals surface area contributed by atoms with Crippen molar-refractivity contribution in [2.45, 2.75) is 25.5 Å². The van der Waals surface area contributed by atoms with Gasteiger partial charge in [0.2, 0.25) is 0 Å². The molecule has 0 unspecified atom stereocenters. The minimum Gasteiger partial charge on any atom is -0.491 e. The highest BCUT2D eigenvalue weighted by Gasteiger charge is 2.49. The van der Waals surface area contributed by atoms with Crippen molar-refractivity contribution in [3.63, 3.8) is 0 Å². The van der Waals surface area contributed by atoms with Crippen LogP contribution in [-0.2, 0) is 10.3 Å². The number of rotatable bonds is 6. The van der Waals surface area contributed by atoms with Gasteiger partial charge in [-0.15, -0.1) is 0 Å². The van der Waals surface area contributed by atoms with Gasteiger partial charge in [-0.05, 0) is 43.7 Å². The Labute approximate surface area is 156 Å². The lowest BCUT2D eigenvalue weighted by molar-refractivity contribution is -0.132. The molecule has 1 aliphatic heterocycles. The maximum Gasteiger partial charge on any atom is 0.325 e. The summed E-state index contributed by atoms with van der Waals surface area (Å²) in [5.74, 6) is -0.346. The van der Waals surface area contributed by atoms with Crippen molar-refractivity contribution < 1.29 is 23.8 Å². The van der Waals surface area contributed by atoms with E-state index in [9.17, 15) is 19.1 Å². The number of benzene rings is 2. The van der Waals surface area contributed by atoms with E-state index in [1.165, 1.54) is 24.3 Å². The predicted molar refractivity (Wildman–Crippen MR) is 96.7 cm³/mol. The number of carbonyl (C=O) groups excluding carboxylic acids is 2. The van der Waals surface area contributed by atoms with Crippen LogP contribution >= 0.6 is 0 Å². The van der Waals surface area contributed by atoms with Gasteiger partial charge in [-0.2, -0.15) is 0 Å². The summed E-state index contributed by atoms with van der Waals surface area (Å²) in [6, 6.07) is 12.1. The quantitative estimate of drug-likeness (QED) is 0.763. The normalized spacial score (nSPS) is 20.5. The molecule has 2 N–H and O–H groups in total. The van der Waals surface area contributed by atoms with E-state index in [0.717, 1.165) is 10.5 Å². The fraction of sp³-hybridized carbons (Fsp3) is 0.300. The summed E-state index contributed by atoms with van der Waals surface area (Å²) < 4.78 is 18.6. The summed E-state index contributed by atoms with van der Waals surface area (Å²) in [5.41, 5.74) is 0.250. The molecular formula is C20H21FN2O4. The molecule has 3 amide bonds. The zero-order valence-electron chi connectivity index (χ0n) is 15.1. The highest BCUT2D eigenvalue weighted by molar-refractivity contribution is 6.07. The summed E-state index contributed by atoms with van der Waals surface area (Å²) in [6.07, 6.45) is -1.04. The van der Waals surface area contributed by atoms with Crippen LogP contribution < -0.4 is 10.1 Å². The fourth-order valence-electron chi connectivity index (χ4n) is 2.93. The van der Waals surface area contributed by atoms with E-state index in [4.69, 9.17) is 4.74 Å². The number of urea groups is 1. The molecule has 2 atom stereocenters. The number of halogens is 1. The Morgan fingerprint density at radius 1 is 1.15 bits per heavy atom. The van der Waals surface area contributed by atoms with Gasteiger partial charge < -0.3 is 15.2 Å². The molecule has 1 heterocycles. The van der Waals surface area contributed by atoms with E-state index in [-0.39, 0.29) is 13.2 Å². The molecule has 0 bridgehead atoms. The molecule has 6 nitrogen and oxygen atoms in total. The van der Waals surface area contributed by atoms with Gasteiger partial charge in [0.1, 0.15) is 29.8 Å². The largest absolute Gasteiger partial charge is 0.491 e. The van der Waals surface area contributed by atoms with Crippen LogP contribution in [0.25, 0.3) is 0 Å². The molecule has 2 aromatic rings. The van der Waals surface area contributed by atoms with Gasteiger partial charge >= 0.3 is 6.03 Å². The number of amides is 3. The van der Waals surface area contributed by atoms with Gasteiger partial charge in [0.25, 0.3) is 5.91 Å². The number of ether oxygens (including phenoxy) is 1. The summed E-state index contributed by atoms with van der Waals surface area (Å²) in [5, 5.41) is 12.8. The number of nitrogens with zero attached hydrogens (tertiary/aromatic N) is 1. The van der Waals surface area contributed by atoms with Crippen LogP contribution in [0.1, 0.15) is 18.1 Å². The third-order valence-corrected chi connectivity index (χ3v) is 4.55. The van der Waals surface area contributed by atoms with Crippen molar-refractivity contribution in [2.75, 3.05) is 13.2 Å². The number of hydrogen-bond donors (Lipinski definition) is 2. The first kappa shape index (κ1) is 18.8. The molecule has 2 aromatic carbocycles. The lowest BCUT2D eigenvalue weighted by atomic mass is 9.92. The Balaban J connectivity index is 1.64. The highest BCUT2D eigenvalue weighted by atomic mass is 19.1. The minimum atomic E-state index is -1.30. The van der Waals surface area contributed by atoms with Crippen LogP contribution in [0, 0.1) is 12.7 Å². The van der Waals surface area contributed by atoms with Crippen molar-refractivity contribution in [3.8, 4) is 5.75 Å². The Morgan fingerprint density at radius 2 is 1.78 bits per heavy atom. The summed E-state index contributed by atoms with van der Waals surface area (Å²) in [4.78, 5) is 26.0. The second kappa shape index (κ2) is 7.36. The third-order valence-electron chi connectivity index (χ3n) is 4.55.